The Kier molecular flexibility index (Phi) is 1.61. The molecule has 0 radical (unpaired) electrons. The minimum absolute atomic E-state index is 0.591. The maximum atomic E-state index is 9.89. The summed E-state index contributed by atoms with van der Waals surface area (Å²) in [5.74, 6) is 0. The first-order valence-corrected chi connectivity index (χ1v) is 2.17. The molecular weight excluding hydrogens is 128 g/mol. The van der Waals surface area contributed by atoms with E-state index < -0.39 is 11.2 Å². The summed E-state index contributed by atoms with van der Waals surface area (Å²) in [6.45, 7) is 0. The lowest BCUT2D eigenvalue weighted by molar-refractivity contribution is -0.578. The summed E-state index contributed by atoms with van der Waals surface area (Å²) in [6, 6.07) is 0. The first-order chi connectivity index (χ1) is 4.30. The van der Waals surface area contributed by atoms with Crippen LogP contribution >= 0.6 is 0 Å². The van der Waals surface area contributed by atoms with E-state index in [0.29, 0.717) is 0 Å². The Balaban J connectivity index is 2.50. The molecule has 1 unspecified atom stereocenters. The quantitative estimate of drug-likeness (QED) is 0.387. The molecule has 0 saturated heterocycles. The Bertz CT molecular complexity index is 145. The smallest absolute Gasteiger partial charge is 0.356 e. The minimum atomic E-state index is -1.14. The number of nitrogens with one attached hydrogen (secondary N) is 1. The third-order valence-corrected chi connectivity index (χ3v) is 0.736. The molecule has 6 nitrogen and oxygen atoms in total. The van der Waals surface area contributed by atoms with Crippen LogP contribution in [0.25, 0.3) is 0 Å². The highest BCUT2D eigenvalue weighted by Gasteiger charge is 2.19. The average molecular weight is 132 g/mol. The van der Waals surface area contributed by atoms with E-state index in [0.717, 1.165) is 6.26 Å². The Labute approximate surface area is 50.1 Å². The highest BCUT2D eigenvalue weighted by Crippen LogP contribution is 1.97. The molecule has 0 bridgehead atoms. The molecule has 0 aromatic rings. The average Bonchev–Trinajstić information content (AvgIpc) is 1.90. The van der Waals surface area contributed by atoms with Crippen molar-refractivity contribution in [1.29, 1.82) is 0 Å². The number of hydrogen-bond acceptors (Lipinski definition) is 5. The standard InChI is InChI=1S/C3H4N2O4/c6-5(7)3-1-2-8-4-9-3/h1-4H. The highest BCUT2D eigenvalue weighted by atomic mass is 16.9. The Morgan fingerprint density at radius 2 is 2.56 bits per heavy atom. The van der Waals surface area contributed by atoms with Crippen LogP contribution in [0.4, 0.5) is 0 Å². The van der Waals surface area contributed by atoms with Gasteiger partial charge in [-0.15, -0.1) is 0 Å². The summed E-state index contributed by atoms with van der Waals surface area (Å²) in [4.78, 5) is 17.9. The van der Waals surface area contributed by atoms with E-state index in [4.69, 9.17) is 0 Å². The van der Waals surface area contributed by atoms with Crippen molar-refractivity contribution in [2.45, 2.75) is 6.23 Å². The fraction of sp³-hybridized carbons (Fsp3) is 0.333. The fourth-order valence-corrected chi connectivity index (χ4v) is 0.364. The first kappa shape index (κ1) is 5.99. The summed E-state index contributed by atoms with van der Waals surface area (Å²) >= 11 is 0. The van der Waals surface area contributed by atoms with Crippen molar-refractivity contribution in [3.8, 4) is 0 Å². The molecule has 0 aromatic carbocycles. The molecule has 9 heavy (non-hydrogen) atoms. The van der Waals surface area contributed by atoms with Gasteiger partial charge in [-0.25, -0.2) is 0 Å². The van der Waals surface area contributed by atoms with E-state index >= 15 is 0 Å². The van der Waals surface area contributed by atoms with Crippen LogP contribution < -0.4 is 5.64 Å². The summed E-state index contributed by atoms with van der Waals surface area (Å²) < 4.78 is 0. The second-order valence-electron chi connectivity index (χ2n) is 1.32. The molecule has 1 aliphatic rings. The summed E-state index contributed by atoms with van der Waals surface area (Å²) in [5, 5.41) is 9.89. The van der Waals surface area contributed by atoms with Crippen molar-refractivity contribution in [1.82, 2.24) is 5.64 Å². The predicted octanol–water partition coefficient (Wildman–Crippen LogP) is -0.431. The van der Waals surface area contributed by atoms with Gasteiger partial charge in [0.05, 0.1) is 11.0 Å². The van der Waals surface area contributed by atoms with Crippen molar-refractivity contribution >= 4 is 0 Å². The molecule has 0 aliphatic carbocycles. The zero-order valence-corrected chi connectivity index (χ0v) is 4.31. The van der Waals surface area contributed by atoms with Crippen LogP contribution in [-0.2, 0) is 9.68 Å². The zero-order valence-electron chi connectivity index (χ0n) is 4.31. The van der Waals surface area contributed by atoms with E-state index in [1.165, 1.54) is 6.08 Å². The van der Waals surface area contributed by atoms with Crippen molar-refractivity contribution in [2.24, 2.45) is 0 Å². The Morgan fingerprint density at radius 1 is 1.78 bits per heavy atom. The summed E-state index contributed by atoms with van der Waals surface area (Å²) in [6.07, 6.45) is 1.19. The predicted molar refractivity (Wildman–Crippen MR) is 25.2 cm³/mol. The number of nitro groups is 1. The lowest BCUT2D eigenvalue weighted by atomic mass is 10.6. The summed E-state index contributed by atoms with van der Waals surface area (Å²) in [7, 11) is 0. The van der Waals surface area contributed by atoms with Gasteiger partial charge in [0.25, 0.3) is 0 Å². The van der Waals surface area contributed by atoms with Crippen LogP contribution in [0.15, 0.2) is 12.3 Å². The molecule has 6 heteroatoms. The summed E-state index contributed by atoms with van der Waals surface area (Å²) in [5.41, 5.74) is 1.89. The van der Waals surface area contributed by atoms with E-state index in [1.807, 2.05) is 5.64 Å². The van der Waals surface area contributed by atoms with Crippen LogP contribution in [-0.4, -0.2) is 11.2 Å². The van der Waals surface area contributed by atoms with E-state index in [2.05, 4.69) is 9.68 Å². The molecule has 0 amide bonds. The molecule has 1 N–H and O–H groups in total. The van der Waals surface area contributed by atoms with Crippen molar-refractivity contribution in [3.05, 3.63) is 22.5 Å². The van der Waals surface area contributed by atoms with Gasteiger partial charge in [0.1, 0.15) is 6.26 Å². The maximum absolute atomic E-state index is 9.89. The van der Waals surface area contributed by atoms with Crippen LogP contribution in [0.1, 0.15) is 0 Å². The van der Waals surface area contributed by atoms with Crippen molar-refractivity contribution in [3.63, 3.8) is 0 Å². The lowest BCUT2D eigenvalue weighted by Gasteiger charge is -2.09. The molecule has 1 aliphatic heterocycles. The number of nitrogens with zero attached hydrogens (tertiary/aromatic N) is 1. The molecule has 0 fully saturated rings. The van der Waals surface area contributed by atoms with Crippen molar-refractivity contribution in [2.75, 3.05) is 0 Å². The van der Waals surface area contributed by atoms with Crippen LogP contribution in [0, 0.1) is 10.1 Å². The topological polar surface area (TPSA) is 73.6 Å². The van der Waals surface area contributed by atoms with Gasteiger partial charge in [0.2, 0.25) is 0 Å². The first-order valence-electron chi connectivity index (χ1n) is 2.17. The molecule has 0 aromatic heterocycles. The second-order valence-corrected chi connectivity index (χ2v) is 1.32. The Hall–Kier alpha value is -1.14. The molecule has 50 valence electrons. The van der Waals surface area contributed by atoms with Crippen LogP contribution in [0.5, 0.6) is 0 Å². The Morgan fingerprint density at radius 3 is 2.89 bits per heavy atom. The third-order valence-electron chi connectivity index (χ3n) is 0.736. The monoisotopic (exact) mass is 132 g/mol. The molecule has 0 saturated carbocycles. The van der Waals surface area contributed by atoms with Crippen LogP contribution in [0.2, 0.25) is 0 Å². The number of hydrogen-bond donors (Lipinski definition) is 1. The molecule has 1 heterocycles. The highest BCUT2D eigenvalue weighted by molar-refractivity contribution is 4.77. The largest absolute Gasteiger partial charge is 0.391 e. The van der Waals surface area contributed by atoms with Gasteiger partial charge in [-0.1, -0.05) is 0 Å². The molecule has 0 spiro atoms. The molecule has 1 rings (SSSR count). The molecule has 1 atom stereocenters. The third kappa shape index (κ3) is 1.37. The SMILES string of the molecule is O=[N+]([O-])C1C=CONO1. The zero-order chi connectivity index (χ0) is 6.69. The van der Waals surface area contributed by atoms with Crippen molar-refractivity contribution < 1.29 is 14.6 Å². The fourth-order valence-electron chi connectivity index (χ4n) is 0.364. The van der Waals surface area contributed by atoms with E-state index in [9.17, 15) is 10.1 Å². The van der Waals surface area contributed by atoms with Gasteiger partial charge in [0.15, 0.2) is 0 Å². The minimum Gasteiger partial charge on any atom is -0.391 e. The second kappa shape index (κ2) is 2.42. The van der Waals surface area contributed by atoms with Crippen LogP contribution in [0.3, 0.4) is 0 Å². The van der Waals surface area contributed by atoms with E-state index in [-0.39, 0.29) is 0 Å². The molecular formula is C3H4N2O4. The van der Waals surface area contributed by atoms with Gasteiger partial charge in [-0.2, -0.15) is 4.84 Å². The van der Waals surface area contributed by atoms with Gasteiger partial charge < -0.3 is 4.84 Å². The maximum Gasteiger partial charge on any atom is 0.356 e. The van der Waals surface area contributed by atoms with Gasteiger partial charge in [-0.3, -0.25) is 10.1 Å². The number of rotatable bonds is 1. The lowest BCUT2D eigenvalue weighted by Crippen LogP contribution is -2.31. The van der Waals surface area contributed by atoms with Gasteiger partial charge in [0, 0.05) is 0 Å². The van der Waals surface area contributed by atoms with Gasteiger partial charge in [-0.05, 0) is 5.64 Å². The van der Waals surface area contributed by atoms with Gasteiger partial charge >= 0.3 is 6.23 Å². The normalized spacial score (nSPS) is 25.1. The van der Waals surface area contributed by atoms with E-state index in [1.54, 1.807) is 0 Å².